The van der Waals surface area contributed by atoms with Crippen LogP contribution in [0.4, 0.5) is 4.39 Å². The second kappa shape index (κ2) is 2.37. The van der Waals surface area contributed by atoms with Crippen LogP contribution in [-0.4, -0.2) is 6.73 Å². The standard InChI is InChI=1S/CFI2NO2/c2-1(3,4)5(6)7. The van der Waals surface area contributed by atoms with Crippen molar-refractivity contribution in [1.29, 1.82) is 0 Å². The summed E-state index contributed by atoms with van der Waals surface area (Å²) < 4.78 is 9.45. The predicted molar refractivity (Wildman–Crippen MR) is 38.9 cm³/mol. The summed E-state index contributed by atoms with van der Waals surface area (Å²) in [7, 11) is 0. The van der Waals surface area contributed by atoms with Gasteiger partial charge in [0.1, 0.15) is 0 Å². The fourth-order valence-electron chi connectivity index (χ4n) is 0. The van der Waals surface area contributed by atoms with Crippen molar-refractivity contribution in [1.82, 2.24) is 0 Å². The fourth-order valence-corrected chi connectivity index (χ4v) is 0. The van der Waals surface area contributed by atoms with Crippen molar-refractivity contribution in [3.05, 3.63) is 10.1 Å². The SMILES string of the molecule is O=[N+]([O-])C(F)(I)I. The molecule has 0 fully saturated rings. The van der Waals surface area contributed by atoms with Gasteiger partial charge in [0.15, 0.2) is 0 Å². The molecule has 0 aliphatic heterocycles. The number of nitro groups is 1. The summed E-state index contributed by atoms with van der Waals surface area (Å²) in [6.45, 7) is 0. The van der Waals surface area contributed by atoms with Crippen LogP contribution in [0.15, 0.2) is 0 Å². The van der Waals surface area contributed by atoms with Gasteiger partial charge in [0.05, 0.1) is 50.1 Å². The molecule has 0 unspecified atom stereocenters. The van der Waals surface area contributed by atoms with Gasteiger partial charge in [-0.15, -0.1) is 4.39 Å². The van der Waals surface area contributed by atoms with E-state index >= 15 is 0 Å². The molecule has 0 aromatic carbocycles. The van der Waals surface area contributed by atoms with Crippen LogP contribution in [0, 0.1) is 10.1 Å². The molecule has 0 saturated carbocycles. The highest BCUT2D eigenvalue weighted by atomic mass is 127. The zero-order valence-corrected chi connectivity index (χ0v) is 7.21. The molecule has 0 heterocycles. The topological polar surface area (TPSA) is 43.1 Å². The molecule has 42 valence electrons. The highest BCUT2D eigenvalue weighted by molar-refractivity contribution is 14.2. The average Bonchev–Trinajstić information content (AvgIpc) is 1.31. The molecule has 0 atom stereocenters. The van der Waals surface area contributed by atoms with Gasteiger partial charge in [-0.2, -0.15) is 0 Å². The van der Waals surface area contributed by atoms with Gasteiger partial charge >= 0.3 is 1.81 Å². The van der Waals surface area contributed by atoms with E-state index in [0.29, 0.717) is 0 Å². The Morgan fingerprint density at radius 2 is 1.86 bits per heavy atom. The normalized spacial score (nSPS) is 11.3. The Bertz CT molecular complexity index is 88.2. The van der Waals surface area contributed by atoms with Gasteiger partial charge < -0.3 is 0 Å². The Hall–Kier alpha value is 0.790. The molecule has 0 rings (SSSR count). The summed E-state index contributed by atoms with van der Waals surface area (Å²) >= 11 is 2.18. The third-order valence-electron chi connectivity index (χ3n) is 0.207. The second-order valence-corrected chi connectivity index (χ2v) is 5.65. The molecule has 0 radical (unpaired) electrons. The van der Waals surface area contributed by atoms with Crippen LogP contribution < -0.4 is 0 Å². The zero-order valence-electron chi connectivity index (χ0n) is 2.90. The van der Waals surface area contributed by atoms with E-state index in [1.165, 1.54) is 0 Å². The van der Waals surface area contributed by atoms with Crippen LogP contribution in [0.2, 0.25) is 0 Å². The number of rotatable bonds is 1. The maximum Gasteiger partial charge on any atom is 0.454 e. The van der Waals surface area contributed by atoms with Crippen LogP contribution in [0.1, 0.15) is 0 Å². The lowest BCUT2D eigenvalue weighted by Gasteiger charge is -1.95. The summed E-state index contributed by atoms with van der Waals surface area (Å²) in [6, 6.07) is 0. The van der Waals surface area contributed by atoms with E-state index in [-0.39, 0.29) is 0 Å². The van der Waals surface area contributed by atoms with E-state index in [9.17, 15) is 14.5 Å². The minimum atomic E-state index is -2.34. The molecule has 0 saturated heterocycles. The molecule has 3 nitrogen and oxygen atoms in total. The van der Waals surface area contributed by atoms with Gasteiger partial charge in [-0.25, -0.2) is 0 Å². The predicted octanol–water partition coefficient (Wildman–Crippen LogP) is 1.71. The maximum atomic E-state index is 11.8. The number of nitrogens with zero attached hydrogens (tertiary/aromatic N) is 1. The lowest BCUT2D eigenvalue weighted by molar-refractivity contribution is -0.524. The number of hydrogen-bond donors (Lipinski definition) is 0. The Kier molecular flexibility index (Phi) is 2.64. The van der Waals surface area contributed by atoms with Crippen LogP contribution in [0.25, 0.3) is 0 Å². The van der Waals surface area contributed by atoms with Crippen molar-refractivity contribution in [2.45, 2.75) is 1.81 Å². The molecular formula is CFI2NO2. The molecule has 7 heavy (non-hydrogen) atoms. The van der Waals surface area contributed by atoms with E-state index < -0.39 is 6.73 Å². The molecular weight excluding hydrogens is 331 g/mol. The monoisotopic (exact) mass is 331 g/mol. The van der Waals surface area contributed by atoms with Crippen molar-refractivity contribution in [2.24, 2.45) is 0 Å². The van der Waals surface area contributed by atoms with Gasteiger partial charge in [0.2, 0.25) is 0 Å². The molecule has 0 aliphatic carbocycles. The van der Waals surface area contributed by atoms with Crippen molar-refractivity contribution in [2.75, 3.05) is 0 Å². The Balaban J connectivity index is 3.79. The van der Waals surface area contributed by atoms with E-state index in [4.69, 9.17) is 0 Å². The molecule has 0 aromatic heterocycles. The van der Waals surface area contributed by atoms with Crippen LogP contribution in [-0.2, 0) is 0 Å². The summed E-state index contributed by atoms with van der Waals surface area (Å²) in [6.07, 6.45) is 0. The molecule has 0 amide bonds. The van der Waals surface area contributed by atoms with E-state index in [2.05, 4.69) is 0 Å². The van der Waals surface area contributed by atoms with Crippen molar-refractivity contribution < 1.29 is 9.31 Å². The number of halogens is 3. The van der Waals surface area contributed by atoms with Gasteiger partial charge in [-0.05, 0) is 0 Å². The Morgan fingerprint density at radius 1 is 1.71 bits per heavy atom. The minimum Gasteiger partial charge on any atom is -0.260 e. The van der Waals surface area contributed by atoms with E-state index in [1.54, 1.807) is 0 Å². The largest absolute Gasteiger partial charge is 0.454 e. The summed E-state index contributed by atoms with van der Waals surface area (Å²) in [5, 5.41) is 9.44. The van der Waals surface area contributed by atoms with Crippen LogP contribution in [0.3, 0.4) is 0 Å². The molecule has 0 bridgehead atoms. The first kappa shape index (κ1) is 7.79. The number of hydrogen-bond acceptors (Lipinski definition) is 2. The average molecular weight is 331 g/mol. The van der Waals surface area contributed by atoms with Crippen LogP contribution in [0.5, 0.6) is 0 Å². The third kappa shape index (κ3) is 3.38. The van der Waals surface area contributed by atoms with Gasteiger partial charge in [0.25, 0.3) is 0 Å². The summed E-state index contributed by atoms with van der Waals surface area (Å²) in [5.41, 5.74) is 0. The van der Waals surface area contributed by atoms with Crippen molar-refractivity contribution in [3.8, 4) is 0 Å². The highest BCUT2D eigenvalue weighted by Gasteiger charge is 2.34. The highest BCUT2D eigenvalue weighted by Crippen LogP contribution is 2.28. The molecule has 0 aliphatic rings. The zero-order chi connectivity index (χ0) is 6.08. The summed E-state index contributed by atoms with van der Waals surface area (Å²) in [5.74, 6) is 0. The first-order valence-corrected chi connectivity index (χ1v) is 3.31. The smallest absolute Gasteiger partial charge is 0.260 e. The fraction of sp³-hybridized carbons (Fsp3) is 1.00. The maximum absolute atomic E-state index is 11.8. The van der Waals surface area contributed by atoms with Gasteiger partial charge in [0, 0.05) is 0 Å². The van der Waals surface area contributed by atoms with E-state index in [1.807, 2.05) is 0 Å². The minimum absolute atomic E-state index is 1.01. The number of alkyl halides is 3. The lowest BCUT2D eigenvalue weighted by atomic mass is 11.4. The molecule has 0 spiro atoms. The molecule has 0 aromatic rings. The molecule has 6 heteroatoms. The summed E-state index contributed by atoms with van der Waals surface area (Å²) in [4.78, 5) is 8.43. The third-order valence-corrected chi connectivity index (χ3v) is 0.995. The van der Waals surface area contributed by atoms with Crippen molar-refractivity contribution in [3.63, 3.8) is 0 Å². The molecule has 0 N–H and O–H groups in total. The van der Waals surface area contributed by atoms with Crippen LogP contribution >= 0.6 is 45.2 Å². The second-order valence-electron chi connectivity index (χ2n) is 0.725. The Labute approximate surface area is 66.1 Å². The quantitative estimate of drug-likeness (QED) is 0.241. The van der Waals surface area contributed by atoms with Gasteiger partial charge in [-0.1, -0.05) is 0 Å². The first-order valence-electron chi connectivity index (χ1n) is 1.16. The van der Waals surface area contributed by atoms with Gasteiger partial charge in [-0.3, -0.25) is 10.1 Å². The van der Waals surface area contributed by atoms with Crippen molar-refractivity contribution >= 4 is 45.2 Å². The first-order chi connectivity index (χ1) is 2.94. The Morgan fingerprint density at radius 3 is 1.86 bits per heavy atom. The van der Waals surface area contributed by atoms with E-state index in [0.717, 1.165) is 45.2 Å². The lowest BCUT2D eigenvalue weighted by Crippen LogP contribution is -2.15.